The summed E-state index contributed by atoms with van der Waals surface area (Å²) in [5, 5.41) is 10.8. The summed E-state index contributed by atoms with van der Waals surface area (Å²) < 4.78 is 0. The number of imide groups is 1. The molecule has 0 bridgehead atoms. The second kappa shape index (κ2) is 5.36. The van der Waals surface area contributed by atoms with E-state index in [0.29, 0.717) is 6.54 Å². The highest BCUT2D eigenvalue weighted by molar-refractivity contribution is 7.99. The number of urea groups is 1. The number of carbonyl (C=O) groups excluding carboxylic acids is 2. The summed E-state index contributed by atoms with van der Waals surface area (Å²) in [5.41, 5.74) is 0.125. The van der Waals surface area contributed by atoms with Crippen molar-refractivity contribution >= 4 is 35.1 Å². The molecule has 2 fully saturated rings. The van der Waals surface area contributed by atoms with Gasteiger partial charge in [0.15, 0.2) is 0 Å². The minimum atomic E-state index is -0.539. The van der Waals surface area contributed by atoms with E-state index in [1.165, 1.54) is 18.2 Å². The maximum absolute atomic E-state index is 12.5. The molecule has 0 N–H and O–H groups in total. The average molecular weight is 307 g/mol. The van der Waals surface area contributed by atoms with E-state index in [9.17, 15) is 19.7 Å². The molecular weight excluding hydrogens is 294 g/mol. The van der Waals surface area contributed by atoms with Crippen molar-refractivity contribution in [2.24, 2.45) is 0 Å². The molecular formula is C13H13N3O4S. The van der Waals surface area contributed by atoms with Gasteiger partial charge in [-0.05, 0) is 6.07 Å². The maximum Gasteiger partial charge on any atom is 0.331 e. The summed E-state index contributed by atoms with van der Waals surface area (Å²) in [7, 11) is 0. The lowest BCUT2D eigenvalue weighted by molar-refractivity contribution is -0.384. The van der Waals surface area contributed by atoms with Crippen LogP contribution in [0.25, 0.3) is 0 Å². The van der Waals surface area contributed by atoms with Gasteiger partial charge in [-0.25, -0.2) is 9.69 Å². The lowest BCUT2D eigenvalue weighted by Crippen LogP contribution is -2.59. The topological polar surface area (TPSA) is 83.8 Å². The fourth-order valence-electron chi connectivity index (χ4n) is 2.60. The molecule has 1 aromatic carbocycles. The van der Waals surface area contributed by atoms with Gasteiger partial charge < -0.3 is 4.90 Å². The van der Waals surface area contributed by atoms with Crippen molar-refractivity contribution < 1.29 is 14.5 Å². The number of hydrogen-bond donors (Lipinski definition) is 0. The number of amides is 3. The van der Waals surface area contributed by atoms with Crippen LogP contribution in [0.4, 0.5) is 16.2 Å². The van der Waals surface area contributed by atoms with Gasteiger partial charge in [0, 0.05) is 36.6 Å². The Bertz CT molecular complexity index is 621. The van der Waals surface area contributed by atoms with Crippen molar-refractivity contribution in [3.05, 3.63) is 34.4 Å². The number of non-ortho nitro benzene ring substituents is 1. The summed E-state index contributed by atoms with van der Waals surface area (Å²) in [5.74, 6) is 1.31. The summed E-state index contributed by atoms with van der Waals surface area (Å²) in [6, 6.07) is 5.18. The van der Waals surface area contributed by atoms with E-state index in [-0.39, 0.29) is 35.8 Å². The predicted octanol–water partition coefficient (Wildman–Crippen LogP) is 1.87. The summed E-state index contributed by atoms with van der Waals surface area (Å²) in [6.45, 7) is 0.604. The minimum absolute atomic E-state index is 0.0568. The maximum atomic E-state index is 12.5. The van der Waals surface area contributed by atoms with Crippen LogP contribution in [0.15, 0.2) is 24.3 Å². The Kier molecular flexibility index (Phi) is 3.54. The van der Waals surface area contributed by atoms with Crippen LogP contribution >= 0.6 is 11.8 Å². The van der Waals surface area contributed by atoms with Crippen LogP contribution in [-0.2, 0) is 4.79 Å². The van der Waals surface area contributed by atoms with Crippen LogP contribution in [0, 0.1) is 10.1 Å². The first kappa shape index (κ1) is 13.9. The number of hydrogen-bond acceptors (Lipinski definition) is 5. The van der Waals surface area contributed by atoms with Crippen LogP contribution in [0.5, 0.6) is 0 Å². The molecule has 110 valence electrons. The molecule has 3 amide bonds. The Morgan fingerprint density at radius 2 is 2.14 bits per heavy atom. The fraction of sp³-hybridized carbons (Fsp3) is 0.385. The van der Waals surface area contributed by atoms with Gasteiger partial charge in [-0.1, -0.05) is 6.07 Å². The van der Waals surface area contributed by atoms with Crippen LogP contribution in [0.2, 0.25) is 0 Å². The Hall–Kier alpha value is -2.09. The molecule has 1 atom stereocenters. The van der Waals surface area contributed by atoms with Gasteiger partial charge in [-0.2, -0.15) is 11.8 Å². The number of nitro benzene ring substituents is 1. The molecule has 0 aromatic heterocycles. The van der Waals surface area contributed by atoms with E-state index >= 15 is 0 Å². The van der Waals surface area contributed by atoms with Gasteiger partial charge in [0.1, 0.15) is 0 Å². The lowest BCUT2D eigenvalue weighted by Gasteiger charge is -2.42. The van der Waals surface area contributed by atoms with E-state index in [2.05, 4.69) is 0 Å². The Morgan fingerprint density at radius 1 is 1.33 bits per heavy atom. The molecule has 0 spiro atoms. The zero-order valence-corrected chi connectivity index (χ0v) is 11.9. The highest BCUT2D eigenvalue weighted by Gasteiger charge is 2.40. The first-order valence-electron chi connectivity index (χ1n) is 6.53. The van der Waals surface area contributed by atoms with Crippen molar-refractivity contribution in [1.82, 2.24) is 4.90 Å². The van der Waals surface area contributed by atoms with Gasteiger partial charge in [-0.15, -0.1) is 0 Å². The second-order valence-electron chi connectivity index (χ2n) is 4.91. The molecule has 1 aromatic rings. The third-order valence-electron chi connectivity index (χ3n) is 3.62. The number of nitrogens with zero attached hydrogens (tertiary/aromatic N) is 3. The number of rotatable bonds is 2. The monoisotopic (exact) mass is 307 g/mol. The van der Waals surface area contributed by atoms with E-state index in [4.69, 9.17) is 0 Å². The molecule has 2 aliphatic rings. The minimum Gasteiger partial charge on any atom is -0.319 e. The smallest absolute Gasteiger partial charge is 0.319 e. The molecule has 0 aliphatic carbocycles. The highest BCUT2D eigenvalue weighted by atomic mass is 32.2. The molecule has 3 rings (SSSR count). The Labute approximate surface area is 125 Å². The van der Waals surface area contributed by atoms with Crippen LogP contribution in [-0.4, -0.2) is 45.9 Å². The molecule has 7 nitrogen and oxygen atoms in total. The van der Waals surface area contributed by atoms with E-state index in [1.807, 2.05) is 0 Å². The average Bonchev–Trinajstić information content (AvgIpc) is 2.47. The van der Waals surface area contributed by atoms with Gasteiger partial charge >= 0.3 is 6.03 Å². The molecule has 1 unspecified atom stereocenters. The van der Waals surface area contributed by atoms with Crippen molar-refractivity contribution in [3.8, 4) is 0 Å². The molecule has 2 aliphatic heterocycles. The van der Waals surface area contributed by atoms with E-state index in [1.54, 1.807) is 22.7 Å². The molecule has 0 radical (unpaired) electrons. The molecule has 2 heterocycles. The van der Waals surface area contributed by atoms with E-state index < -0.39 is 4.92 Å². The second-order valence-corrected chi connectivity index (χ2v) is 6.06. The normalized spacial score (nSPS) is 22.2. The van der Waals surface area contributed by atoms with Gasteiger partial charge in [0.05, 0.1) is 16.7 Å². The number of nitro groups is 1. The molecule has 2 saturated heterocycles. The SMILES string of the molecule is O=C1CC2CSCCN2C(=O)N1c1cccc([N+](=O)[O-])c1. The summed E-state index contributed by atoms with van der Waals surface area (Å²) in [6.07, 6.45) is 0.265. The molecule has 8 heteroatoms. The third-order valence-corrected chi connectivity index (χ3v) is 4.71. The van der Waals surface area contributed by atoms with Crippen molar-refractivity contribution in [2.75, 3.05) is 23.0 Å². The lowest BCUT2D eigenvalue weighted by atomic mass is 10.1. The first-order valence-corrected chi connectivity index (χ1v) is 7.69. The zero-order valence-electron chi connectivity index (χ0n) is 11.1. The number of anilines is 1. The van der Waals surface area contributed by atoms with Crippen molar-refractivity contribution in [1.29, 1.82) is 0 Å². The van der Waals surface area contributed by atoms with E-state index in [0.717, 1.165) is 16.4 Å². The molecule has 0 saturated carbocycles. The Balaban J connectivity index is 1.93. The summed E-state index contributed by atoms with van der Waals surface area (Å²) >= 11 is 1.73. The van der Waals surface area contributed by atoms with Crippen LogP contribution in [0.3, 0.4) is 0 Å². The number of thioether (sulfide) groups is 1. The Morgan fingerprint density at radius 3 is 2.90 bits per heavy atom. The quantitative estimate of drug-likeness (QED) is 0.615. The first-order chi connectivity index (χ1) is 10.1. The highest BCUT2D eigenvalue weighted by Crippen LogP contribution is 2.30. The third kappa shape index (κ3) is 2.46. The largest absolute Gasteiger partial charge is 0.331 e. The van der Waals surface area contributed by atoms with Crippen molar-refractivity contribution in [3.63, 3.8) is 0 Å². The van der Waals surface area contributed by atoms with Gasteiger partial charge in [0.2, 0.25) is 5.91 Å². The number of fused-ring (bicyclic) bond motifs is 1. The summed E-state index contributed by atoms with van der Waals surface area (Å²) in [4.78, 5) is 37.8. The van der Waals surface area contributed by atoms with Gasteiger partial charge in [-0.3, -0.25) is 14.9 Å². The fourth-order valence-corrected chi connectivity index (χ4v) is 3.67. The number of carbonyl (C=O) groups is 2. The predicted molar refractivity (Wildman–Crippen MR) is 78.4 cm³/mol. The zero-order chi connectivity index (χ0) is 15.0. The molecule has 21 heavy (non-hydrogen) atoms. The van der Waals surface area contributed by atoms with Crippen molar-refractivity contribution in [2.45, 2.75) is 12.5 Å². The standard InChI is InChI=1S/C13H13N3O4S/c17-12-7-11-8-21-5-4-14(11)13(18)15(12)9-2-1-3-10(6-9)16(19)20/h1-3,6,11H,4-5,7-8H2. The number of benzene rings is 1. The van der Waals surface area contributed by atoms with Crippen LogP contribution in [0.1, 0.15) is 6.42 Å². The van der Waals surface area contributed by atoms with Gasteiger partial charge in [0.25, 0.3) is 5.69 Å². The van der Waals surface area contributed by atoms with Crippen LogP contribution < -0.4 is 4.90 Å².